The molecule has 3 N–H and O–H groups in total. The molecule has 0 spiro atoms. The first-order valence-corrected chi connectivity index (χ1v) is 7.49. The molecule has 0 bridgehead atoms. The van der Waals surface area contributed by atoms with Gasteiger partial charge in [-0.1, -0.05) is 0 Å². The monoisotopic (exact) mass is 295 g/mol. The molecule has 1 aromatic carbocycles. The minimum atomic E-state index is -3.64. The Kier molecular flexibility index (Phi) is 3.78. The summed E-state index contributed by atoms with van der Waals surface area (Å²) in [4.78, 5) is 0.192. The van der Waals surface area contributed by atoms with Gasteiger partial charge in [-0.15, -0.1) is 10.2 Å². The fourth-order valence-electron chi connectivity index (χ4n) is 1.84. The first-order chi connectivity index (χ1) is 9.31. The van der Waals surface area contributed by atoms with E-state index in [2.05, 4.69) is 14.9 Å². The number of anilines is 1. The number of sulfonamides is 1. The Bertz CT molecular complexity index is 736. The van der Waals surface area contributed by atoms with Crippen molar-refractivity contribution in [1.82, 2.24) is 19.5 Å². The number of hydrogen-bond donors (Lipinski definition) is 2. The van der Waals surface area contributed by atoms with Gasteiger partial charge >= 0.3 is 0 Å². The van der Waals surface area contributed by atoms with Crippen LogP contribution in [0, 0.1) is 13.8 Å². The zero-order valence-electron chi connectivity index (χ0n) is 11.6. The highest BCUT2D eigenvalue weighted by Crippen LogP contribution is 2.22. The molecule has 0 radical (unpaired) electrons. The average Bonchev–Trinajstić information content (AvgIpc) is 2.77. The largest absolute Gasteiger partial charge is 0.398 e. The van der Waals surface area contributed by atoms with Crippen LogP contribution >= 0.6 is 0 Å². The SMILES string of the molecule is Cc1cc(N)c(C)c(S(=O)(=O)NCc2nncn2C)c1. The number of benzene rings is 1. The fourth-order valence-corrected chi connectivity index (χ4v) is 3.17. The van der Waals surface area contributed by atoms with Crippen molar-refractivity contribution >= 4 is 15.7 Å². The molecule has 0 aliphatic carbocycles. The number of rotatable bonds is 4. The van der Waals surface area contributed by atoms with E-state index in [1.54, 1.807) is 37.6 Å². The highest BCUT2D eigenvalue weighted by Gasteiger charge is 2.19. The second kappa shape index (κ2) is 5.22. The van der Waals surface area contributed by atoms with E-state index in [4.69, 9.17) is 5.73 Å². The summed E-state index contributed by atoms with van der Waals surface area (Å²) in [6.07, 6.45) is 1.51. The van der Waals surface area contributed by atoms with E-state index in [-0.39, 0.29) is 11.4 Å². The van der Waals surface area contributed by atoms with Crippen LogP contribution in [0.15, 0.2) is 23.4 Å². The zero-order chi connectivity index (χ0) is 14.9. The van der Waals surface area contributed by atoms with Crippen LogP contribution < -0.4 is 10.5 Å². The van der Waals surface area contributed by atoms with Gasteiger partial charge in [0.15, 0.2) is 0 Å². The van der Waals surface area contributed by atoms with Crippen molar-refractivity contribution in [1.29, 1.82) is 0 Å². The van der Waals surface area contributed by atoms with Gasteiger partial charge in [0.25, 0.3) is 0 Å². The van der Waals surface area contributed by atoms with Crippen LogP contribution in [0.1, 0.15) is 17.0 Å². The lowest BCUT2D eigenvalue weighted by molar-refractivity contribution is 0.576. The van der Waals surface area contributed by atoms with Gasteiger partial charge in [0.1, 0.15) is 12.2 Å². The zero-order valence-corrected chi connectivity index (χ0v) is 12.4. The summed E-state index contributed by atoms with van der Waals surface area (Å²) >= 11 is 0. The lowest BCUT2D eigenvalue weighted by atomic mass is 10.1. The van der Waals surface area contributed by atoms with E-state index >= 15 is 0 Å². The third-order valence-electron chi connectivity index (χ3n) is 3.06. The smallest absolute Gasteiger partial charge is 0.241 e. The van der Waals surface area contributed by atoms with Crippen LogP contribution in [0.3, 0.4) is 0 Å². The topological polar surface area (TPSA) is 103 Å². The highest BCUT2D eigenvalue weighted by atomic mass is 32.2. The van der Waals surface area contributed by atoms with Crippen LogP contribution in [0.5, 0.6) is 0 Å². The fraction of sp³-hybridized carbons (Fsp3) is 0.333. The molecule has 0 aliphatic heterocycles. The summed E-state index contributed by atoms with van der Waals surface area (Å²) < 4.78 is 28.8. The predicted molar refractivity (Wildman–Crippen MR) is 75.4 cm³/mol. The summed E-state index contributed by atoms with van der Waals surface area (Å²) in [6.45, 7) is 3.56. The second-order valence-corrected chi connectivity index (χ2v) is 6.40. The molecule has 0 unspecified atom stereocenters. The molecule has 0 saturated carbocycles. The maximum Gasteiger partial charge on any atom is 0.241 e. The number of nitrogen functional groups attached to an aromatic ring is 1. The Hall–Kier alpha value is -1.93. The molecule has 0 saturated heterocycles. The Morgan fingerprint density at radius 3 is 2.65 bits per heavy atom. The Balaban J connectivity index is 2.29. The van der Waals surface area contributed by atoms with E-state index in [1.165, 1.54) is 6.33 Å². The van der Waals surface area contributed by atoms with Gasteiger partial charge in [-0.05, 0) is 37.1 Å². The van der Waals surface area contributed by atoms with Crippen molar-refractivity contribution in [3.63, 3.8) is 0 Å². The summed E-state index contributed by atoms with van der Waals surface area (Å²) in [5.41, 5.74) is 7.62. The first kappa shape index (κ1) is 14.5. The number of hydrogen-bond acceptors (Lipinski definition) is 5. The van der Waals surface area contributed by atoms with E-state index in [0.717, 1.165) is 5.56 Å². The number of nitrogens with two attached hydrogens (primary N) is 1. The summed E-state index contributed by atoms with van der Waals surface area (Å²) in [6, 6.07) is 3.35. The van der Waals surface area contributed by atoms with Crippen LogP contribution in [0.2, 0.25) is 0 Å². The Labute approximate surface area is 117 Å². The van der Waals surface area contributed by atoms with E-state index in [0.29, 0.717) is 17.1 Å². The van der Waals surface area contributed by atoms with Crippen molar-refractivity contribution in [2.45, 2.75) is 25.3 Å². The Morgan fingerprint density at radius 1 is 1.35 bits per heavy atom. The summed E-state index contributed by atoms with van der Waals surface area (Å²) in [5.74, 6) is 0.534. The van der Waals surface area contributed by atoms with Crippen LogP contribution in [-0.4, -0.2) is 23.2 Å². The minimum absolute atomic E-state index is 0.0755. The molecule has 7 nitrogen and oxygen atoms in total. The first-order valence-electron chi connectivity index (χ1n) is 6.00. The summed E-state index contributed by atoms with van der Waals surface area (Å²) in [5, 5.41) is 7.53. The molecule has 0 aliphatic rings. The van der Waals surface area contributed by atoms with Gasteiger partial charge in [0, 0.05) is 12.7 Å². The lowest BCUT2D eigenvalue weighted by Gasteiger charge is -2.12. The highest BCUT2D eigenvalue weighted by molar-refractivity contribution is 7.89. The molecule has 0 fully saturated rings. The van der Waals surface area contributed by atoms with Crippen molar-refractivity contribution in [2.24, 2.45) is 7.05 Å². The van der Waals surface area contributed by atoms with Crippen LogP contribution in [0.4, 0.5) is 5.69 Å². The third-order valence-corrected chi connectivity index (χ3v) is 4.59. The average molecular weight is 295 g/mol. The van der Waals surface area contributed by atoms with Crippen molar-refractivity contribution in [2.75, 3.05) is 5.73 Å². The number of aromatic nitrogens is 3. The molecule has 0 atom stereocenters. The van der Waals surface area contributed by atoms with Crippen molar-refractivity contribution in [3.05, 3.63) is 35.4 Å². The van der Waals surface area contributed by atoms with E-state index in [1.807, 2.05) is 0 Å². The standard InChI is InChI=1S/C12H17N5O2S/c1-8-4-10(13)9(2)11(5-8)20(18,19)15-6-12-16-14-7-17(12)3/h4-5,7,15H,6,13H2,1-3H3. The van der Waals surface area contributed by atoms with Gasteiger partial charge in [-0.3, -0.25) is 0 Å². The molecular formula is C12H17N5O2S. The van der Waals surface area contributed by atoms with Gasteiger partial charge in [0.2, 0.25) is 10.0 Å². The maximum atomic E-state index is 12.3. The van der Waals surface area contributed by atoms with Gasteiger partial charge < -0.3 is 10.3 Å². The predicted octanol–water partition coefficient (Wildman–Crippen LogP) is 0.493. The molecule has 8 heteroatoms. The van der Waals surface area contributed by atoms with Crippen LogP contribution in [0.25, 0.3) is 0 Å². The molecular weight excluding hydrogens is 278 g/mol. The number of aryl methyl sites for hydroxylation is 2. The molecule has 2 rings (SSSR count). The van der Waals surface area contributed by atoms with Crippen LogP contribution in [-0.2, 0) is 23.6 Å². The van der Waals surface area contributed by atoms with Crippen molar-refractivity contribution < 1.29 is 8.42 Å². The van der Waals surface area contributed by atoms with E-state index in [9.17, 15) is 8.42 Å². The molecule has 20 heavy (non-hydrogen) atoms. The molecule has 2 aromatic rings. The molecule has 1 heterocycles. The summed E-state index contributed by atoms with van der Waals surface area (Å²) in [7, 11) is -1.89. The van der Waals surface area contributed by atoms with E-state index < -0.39 is 10.0 Å². The molecule has 108 valence electrons. The number of nitrogens with zero attached hydrogens (tertiary/aromatic N) is 3. The van der Waals surface area contributed by atoms with Gasteiger partial charge in [0.05, 0.1) is 11.4 Å². The lowest BCUT2D eigenvalue weighted by Crippen LogP contribution is -2.25. The van der Waals surface area contributed by atoms with Crippen molar-refractivity contribution in [3.8, 4) is 0 Å². The maximum absolute atomic E-state index is 12.3. The molecule has 0 amide bonds. The second-order valence-electron chi connectivity index (χ2n) is 4.66. The minimum Gasteiger partial charge on any atom is -0.398 e. The normalized spacial score (nSPS) is 11.8. The number of nitrogens with one attached hydrogen (secondary N) is 1. The quantitative estimate of drug-likeness (QED) is 0.799. The van der Waals surface area contributed by atoms with Gasteiger partial charge in [-0.2, -0.15) is 0 Å². The third kappa shape index (κ3) is 2.81. The van der Waals surface area contributed by atoms with Gasteiger partial charge in [-0.25, -0.2) is 13.1 Å². The Morgan fingerprint density at radius 2 is 2.05 bits per heavy atom. The molecule has 1 aromatic heterocycles.